The van der Waals surface area contributed by atoms with Gasteiger partial charge in [-0.3, -0.25) is 14.6 Å². The van der Waals surface area contributed by atoms with Crippen molar-refractivity contribution in [3.63, 3.8) is 0 Å². The molecule has 5 heteroatoms. The maximum absolute atomic E-state index is 12.4. The van der Waals surface area contributed by atoms with E-state index in [9.17, 15) is 9.59 Å². The number of benzene rings is 2. The number of anilines is 1. The zero-order chi connectivity index (χ0) is 16.5. The van der Waals surface area contributed by atoms with Crippen LogP contribution in [0.2, 0.25) is 0 Å². The number of pyridine rings is 1. The minimum Gasteiger partial charge on any atom is -0.360 e. The number of rotatable bonds is 3. The fourth-order valence-corrected chi connectivity index (χ4v) is 2.72. The number of nitrogens with one attached hydrogen (secondary N) is 2. The normalized spacial score (nSPS) is 10.8. The number of hydrogen-bond acceptors (Lipinski definition) is 3. The number of aromatic nitrogens is 2. The Morgan fingerprint density at radius 2 is 1.88 bits per heavy atom. The number of nitrogens with zero attached hydrogens (tertiary/aromatic N) is 1. The summed E-state index contributed by atoms with van der Waals surface area (Å²) in [5.41, 5.74) is 2.59. The van der Waals surface area contributed by atoms with E-state index in [-0.39, 0.29) is 0 Å². The molecular weight excluding hydrogens is 302 g/mol. The number of H-pyrrole nitrogens is 1. The molecule has 0 fully saturated rings. The van der Waals surface area contributed by atoms with Crippen LogP contribution >= 0.6 is 0 Å². The largest absolute Gasteiger partial charge is 0.360 e. The van der Waals surface area contributed by atoms with Gasteiger partial charge >= 0.3 is 0 Å². The molecule has 116 valence electrons. The van der Waals surface area contributed by atoms with E-state index >= 15 is 0 Å². The number of Topliss-reactive ketones (excluding diaryl/α,β-unsaturated/α-hetero) is 1. The Labute approximate surface area is 137 Å². The van der Waals surface area contributed by atoms with Crippen molar-refractivity contribution in [2.75, 3.05) is 5.32 Å². The maximum atomic E-state index is 12.4. The number of fused-ring (bicyclic) bond motifs is 2. The average Bonchev–Trinajstić information content (AvgIpc) is 3.05. The van der Waals surface area contributed by atoms with Crippen LogP contribution in [-0.4, -0.2) is 21.7 Å². The van der Waals surface area contributed by atoms with Gasteiger partial charge in [0.15, 0.2) is 0 Å². The van der Waals surface area contributed by atoms with Crippen LogP contribution in [0, 0.1) is 0 Å². The van der Waals surface area contributed by atoms with Crippen LogP contribution in [0.5, 0.6) is 0 Å². The highest BCUT2D eigenvalue weighted by Gasteiger charge is 2.20. The van der Waals surface area contributed by atoms with Gasteiger partial charge in [0.05, 0.1) is 11.1 Å². The van der Waals surface area contributed by atoms with Crippen LogP contribution in [-0.2, 0) is 4.79 Å². The quantitative estimate of drug-likeness (QED) is 0.448. The first-order valence-electron chi connectivity index (χ1n) is 7.49. The van der Waals surface area contributed by atoms with Gasteiger partial charge in [-0.25, -0.2) is 0 Å². The fourth-order valence-electron chi connectivity index (χ4n) is 2.72. The van der Waals surface area contributed by atoms with E-state index in [4.69, 9.17) is 0 Å². The minimum absolute atomic E-state index is 0.366. The zero-order valence-electron chi connectivity index (χ0n) is 12.6. The lowest BCUT2D eigenvalue weighted by atomic mass is 10.1. The van der Waals surface area contributed by atoms with E-state index in [1.54, 1.807) is 30.6 Å². The van der Waals surface area contributed by atoms with Crippen LogP contribution in [0.3, 0.4) is 0 Å². The van der Waals surface area contributed by atoms with Crippen molar-refractivity contribution in [1.29, 1.82) is 0 Å². The van der Waals surface area contributed by atoms with Gasteiger partial charge in [-0.05, 0) is 30.3 Å². The molecular formula is C19H13N3O2. The van der Waals surface area contributed by atoms with Gasteiger partial charge in [-0.2, -0.15) is 0 Å². The molecule has 2 aromatic carbocycles. The van der Waals surface area contributed by atoms with Crippen molar-refractivity contribution in [1.82, 2.24) is 9.97 Å². The standard InChI is InChI=1S/C19H13N3O2/c23-18(15-11-21-17-6-2-1-5-14(15)17)19(24)22-13-7-8-16-12(10-13)4-3-9-20-16/h1-11,21H,(H,22,24). The number of amides is 1. The first-order chi connectivity index (χ1) is 11.7. The van der Waals surface area contributed by atoms with Crippen molar-refractivity contribution in [2.45, 2.75) is 0 Å². The summed E-state index contributed by atoms with van der Waals surface area (Å²) >= 11 is 0. The molecule has 0 saturated carbocycles. The molecule has 4 aromatic rings. The lowest BCUT2D eigenvalue weighted by Gasteiger charge is -2.05. The number of ketones is 1. The number of para-hydroxylation sites is 1. The molecule has 1 amide bonds. The Kier molecular flexibility index (Phi) is 3.31. The van der Waals surface area contributed by atoms with Crippen LogP contribution in [0.4, 0.5) is 5.69 Å². The molecule has 0 bridgehead atoms. The smallest absolute Gasteiger partial charge is 0.296 e. The molecule has 24 heavy (non-hydrogen) atoms. The van der Waals surface area contributed by atoms with E-state index in [0.717, 1.165) is 21.8 Å². The predicted octanol–water partition coefficient (Wildman–Crippen LogP) is 3.54. The molecule has 2 heterocycles. The first kappa shape index (κ1) is 14.1. The molecule has 0 aliphatic carbocycles. The highest BCUT2D eigenvalue weighted by Crippen LogP contribution is 2.20. The number of hydrogen-bond donors (Lipinski definition) is 2. The number of aromatic amines is 1. The van der Waals surface area contributed by atoms with Crippen molar-refractivity contribution >= 4 is 39.2 Å². The summed E-state index contributed by atoms with van der Waals surface area (Å²) < 4.78 is 0. The van der Waals surface area contributed by atoms with E-state index < -0.39 is 11.7 Å². The highest BCUT2D eigenvalue weighted by molar-refractivity contribution is 6.48. The molecule has 0 atom stereocenters. The van der Waals surface area contributed by atoms with Crippen LogP contribution in [0.25, 0.3) is 21.8 Å². The lowest BCUT2D eigenvalue weighted by Crippen LogP contribution is -2.22. The third kappa shape index (κ3) is 2.42. The molecule has 0 unspecified atom stereocenters. The summed E-state index contributed by atoms with van der Waals surface area (Å²) in [4.78, 5) is 32.0. The van der Waals surface area contributed by atoms with Crippen molar-refractivity contribution in [2.24, 2.45) is 0 Å². The summed E-state index contributed by atoms with van der Waals surface area (Å²) in [6.45, 7) is 0. The van der Waals surface area contributed by atoms with Gasteiger partial charge in [-0.1, -0.05) is 24.3 Å². The van der Waals surface area contributed by atoms with Crippen molar-refractivity contribution in [3.05, 3.63) is 72.6 Å². The van der Waals surface area contributed by atoms with Crippen molar-refractivity contribution in [3.8, 4) is 0 Å². The molecule has 2 N–H and O–H groups in total. The van der Waals surface area contributed by atoms with Gasteiger partial charge in [-0.15, -0.1) is 0 Å². The van der Waals surface area contributed by atoms with E-state index in [1.807, 2.05) is 36.4 Å². The van der Waals surface area contributed by atoms with E-state index in [1.165, 1.54) is 0 Å². The minimum atomic E-state index is -0.664. The van der Waals surface area contributed by atoms with Gasteiger partial charge in [0.1, 0.15) is 0 Å². The molecule has 0 saturated heterocycles. The monoisotopic (exact) mass is 315 g/mol. The molecule has 0 aliphatic rings. The topological polar surface area (TPSA) is 74.8 Å². The molecule has 0 radical (unpaired) electrons. The Morgan fingerprint density at radius 1 is 1.00 bits per heavy atom. The summed E-state index contributed by atoms with van der Waals surface area (Å²) in [5, 5.41) is 4.29. The maximum Gasteiger partial charge on any atom is 0.296 e. The van der Waals surface area contributed by atoms with Crippen LogP contribution < -0.4 is 5.32 Å². The van der Waals surface area contributed by atoms with Crippen LogP contribution in [0.15, 0.2) is 67.0 Å². The highest BCUT2D eigenvalue weighted by atomic mass is 16.2. The first-order valence-corrected chi connectivity index (χ1v) is 7.49. The summed E-state index contributed by atoms with van der Waals surface area (Å²) in [7, 11) is 0. The van der Waals surface area contributed by atoms with E-state index in [0.29, 0.717) is 11.3 Å². The molecule has 0 spiro atoms. The molecule has 2 aromatic heterocycles. The summed E-state index contributed by atoms with van der Waals surface area (Å²) in [6, 6.07) is 16.4. The number of carbonyl (C=O) groups is 2. The Hall–Kier alpha value is -3.47. The van der Waals surface area contributed by atoms with E-state index in [2.05, 4.69) is 15.3 Å². The Bertz CT molecular complexity index is 1080. The van der Waals surface area contributed by atoms with Gasteiger partial charge in [0.25, 0.3) is 11.7 Å². The summed E-state index contributed by atoms with van der Waals surface area (Å²) in [6.07, 6.45) is 3.28. The second kappa shape index (κ2) is 5.62. The second-order valence-corrected chi connectivity index (χ2v) is 5.44. The third-order valence-corrected chi connectivity index (χ3v) is 3.90. The fraction of sp³-hybridized carbons (Fsp3) is 0. The molecule has 0 aliphatic heterocycles. The van der Waals surface area contributed by atoms with Gasteiger partial charge in [0, 0.05) is 34.4 Å². The van der Waals surface area contributed by atoms with Gasteiger partial charge in [0.2, 0.25) is 0 Å². The van der Waals surface area contributed by atoms with Crippen molar-refractivity contribution < 1.29 is 9.59 Å². The predicted molar refractivity (Wildman–Crippen MR) is 93.0 cm³/mol. The number of carbonyl (C=O) groups excluding carboxylic acids is 2. The zero-order valence-corrected chi connectivity index (χ0v) is 12.6. The molecule has 4 rings (SSSR count). The SMILES string of the molecule is O=C(Nc1ccc2ncccc2c1)C(=O)c1c[nH]c2ccccc12. The van der Waals surface area contributed by atoms with Gasteiger partial charge < -0.3 is 10.3 Å². The lowest BCUT2D eigenvalue weighted by molar-refractivity contribution is -0.112. The third-order valence-electron chi connectivity index (χ3n) is 3.90. The Balaban J connectivity index is 1.61. The average molecular weight is 315 g/mol. The van der Waals surface area contributed by atoms with Crippen LogP contribution in [0.1, 0.15) is 10.4 Å². The second-order valence-electron chi connectivity index (χ2n) is 5.44. The molecule has 5 nitrogen and oxygen atoms in total. The summed E-state index contributed by atoms with van der Waals surface area (Å²) in [5.74, 6) is -1.23. The Morgan fingerprint density at radius 3 is 2.79 bits per heavy atom.